The van der Waals surface area contributed by atoms with E-state index < -0.39 is 107 Å². The molecule has 0 unspecified atom stereocenters. The van der Waals surface area contributed by atoms with Gasteiger partial charge in [-0.05, 0) is 67.0 Å². The number of β-amino-alcohol motifs (C(OH)–C–C–N with tert-alkyl or cyclic N) is 1. The Hall–Kier alpha value is -8.14. The summed E-state index contributed by atoms with van der Waals surface area (Å²) in [5, 5.41) is 48.7. The topological polar surface area (TPSA) is 349 Å². The van der Waals surface area contributed by atoms with Gasteiger partial charge in [0.2, 0.25) is 11.9 Å². The van der Waals surface area contributed by atoms with Crippen LogP contribution < -0.4 is 10.6 Å². The molecule has 0 spiro atoms. The van der Waals surface area contributed by atoms with E-state index in [0.29, 0.717) is 5.57 Å². The third-order valence-corrected chi connectivity index (χ3v) is 17.6. The first-order valence-corrected chi connectivity index (χ1v) is 24.9. The van der Waals surface area contributed by atoms with Gasteiger partial charge in [-0.3, -0.25) is 50.7 Å². The van der Waals surface area contributed by atoms with Crippen LogP contribution in [0.1, 0.15) is 65.7 Å². The predicted octanol–water partition coefficient (Wildman–Crippen LogP) is 4.77. The number of alkyl carbamates (subject to hydrolysis) is 2. The third-order valence-electron chi connectivity index (χ3n) is 12.8. The summed E-state index contributed by atoms with van der Waals surface area (Å²) in [6, 6.07) is 12.9. The van der Waals surface area contributed by atoms with Gasteiger partial charge >= 0.3 is 36.1 Å². The number of nitrogens with zero attached hydrogens (tertiary/aromatic N) is 6. The number of nitro benzene ring substituents is 3. The van der Waals surface area contributed by atoms with Gasteiger partial charge in [0.15, 0.2) is 8.32 Å². The number of hydrogen-bond donors (Lipinski definition) is 3. The molecule has 0 saturated carbocycles. The molecule has 3 N–H and O–H groups in total. The number of carbonyl (C=O) groups is 7. The Morgan fingerprint density at radius 1 is 0.708 bits per heavy atom. The molecule has 2 saturated heterocycles. The highest BCUT2D eigenvalue weighted by Crippen LogP contribution is 2.49. The normalized spacial score (nSPS) is 19.8. The Labute approximate surface area is 409 Å². The first-order valence-electron chi connectivity index (χ1n) is 22.4. The van der Waals surface area contributed by atoms with Crippen molar-refractivity contribution in [2.75, 3.05) is 19.6 Å². The van der Waals surface area contributed by atoms with Crippen molar-refractivity contribution in [2.45, 2.75) is 77.0 Å². The number of benzene rings is 3. The van der Waals surface area contributed by atoms with Crippen LogP contribution >= 0.6 is 0 Å². The lowest BCUT2D eigenvalue weighted by Crippen LogP contribution is -2.65. The van der Waals surface area contributed by atoms with E-state index in [4.69, 9.17) is 18.6 Å². The van der Waals surface area contributed by atoms with E-state index in [9.17, 15) is 69.0 Å². The number of nitrogens with one attached hydrogen (secondary N) is 2. The molecule has 0 aromatic heterocycles. The zero-order chi connectivity index (χ0) is 52.8. The van der Waals surface area contributed by atoms with E-state index in [0.717, 1.165) is 90.9 Å². The van der Waals surface area contributed by atoms with Gasteiger partial charge in [0.1, 0.15) is 5.70 Å². The Bertz CT molecular complexity index is 2650. The van der Waals surface area contributed by atoms with Crippen LogP contribution in [-0.2, 0) is 28.2 Å². The molecule has 72 heavy (non-hydrogen) atoms. The lowest BCUT2D eigenvalue weighted by molar-refractivity contribution is -0.385. The molecule has 6 atom stereocenters. The van der Waals surface area contributed by atoms with Crippen LogP contribution in [0.25, 0.3) is 0 Å². The number of fused-ring (bicyclic) bond motifs is 1. The van der Waals surface area contributed by atoms with Gasteiger partial charge < -0.3 is 28.6 Å². The van der Waals surface area contributed by atoms with Crippen molar-refractivity contribution in [1.29, 1.82) is 0 Å². The highest BCUT2D eigenvalue weighted by atomic mass is 28.4. The van der Waals surface area contributed by atoms with Crippen molar-refractivity contribution in [1.82, 2.24) is 20.4 Å². The van der Waals surface area contributed by atoms with E-state index in [1.54, 1.807) is 11.8 Å². The minimum atomic E-state index is -2.24. The standard InChI is InChI=1S/C45H48N8O18Si/c1-6-72(7-2,8-3)71-25(5)35-36-24(4)32(37(50(36)38(35)55)42(59)68-39(56)26-9-15-29(16-10-26)51(62)63)21-49-22-33(34(54)23-49)46-43(47-44(60)69-40(57)27-11-17-30(18-12-27)52(64)65)48-45(61)70-41(58)28-13-19-31(20-14-28)53(66)67/h9-20,24-25,33-36,54H,6-8,21-23H2,1-5H3,(H2,46,47,48,60,61)/t24-,25+,33+,34+,35+,36+/m0/s1. The maximum absolute atomic E-state index is 14.1. The minimum Gasteiger partial charge on any atom is -0.413 e. The molecule has 6 rings (SSSR count). The van der Waals surface area contributed by atoms with Crippen LogP contribution in [0, 0.1) is 42.2 Å². The number of rotatable bonds is 16. The maximum atomic E-state index is 14.1. The van der Waals surface area contributed by atoms with Crippen molar-refractivity contribution >= 4 is 73.3 Å². The number of aliphatic imine (C=N–C) groups is 1. The van der Waals surface area contributed by atoms with Crippen LogP contribution in [0.3, 0.4) is 0 Å². The number of carbonyl (C=O) groups excluding carboxylic acids is 7. The second kappa shape index (κ2) is 22.3. The summed E-state index contributed by atoms with van der Waals surface area (Å²) in [7, 11) is -2.24. The summed E-state index contributed by atoms with van der Waals surface area (Å²) in [5.74, 6) is -7.42. The van der Waals surface area contributed by atoms with Gasteiger partial charge in [-0.1, -0.05) is 27.7 Å². The van der Waals surface area contributed by atoms with Gasteiger partial charge in [0, 0.05) is 62.0 Å². The Balaban J connectivity index is 1.26. The molecule has 27 heteroatoms. The first-order chi connectivity index (χ1) is 34.1. The molecule has 3 aromatic carbocycles. The fourth-order valence-corrected chi connectivity index (χ4v) is 11.7. The molecule has 26 nitrogen and oxygen atoms in total. The molecule has 3 aliphatic heterocycles. The van der Waals surface area contributed by atoms with Crippen molar-refractivity contribution in [3.8, 4) is 0 Å². The Morgan fingerprint density at radius 3 is 1.53 bits per heavy atom. The molecule has 2 fully saturated rings. The molecule has 3 heterocycles. The van der Waals surface area contributed by atoms with Crippen molar-refractivity contribution < 1.29 is 72.1 Å². The summed E-state index contributed by atoms with van der Waals surface area (Å²) in [6.45, 7) is 9.23. The largest absolute Gasteiger partial charge is 0.421 e. The minimum absolute atomic E-state index is 0.131. The van der Waals surface area contributed by atoms with Gasteiger partial charge in [0.05, 0.1) is 61.7 Å². The highest BCUT2D eigenvalue weighted by molar-refractivity contribution is 6.73. The smallest absolute Gasteiger partial charge is 0.413 e. The zero-order valence-corrected chi connectivity index (χ0v) is 40.2. The molecule has 380 valence electrons. The number of aliphatic hydroxyl groups is 1. The molecule has 3 aromatic rings. The number of nitro groups is 3. The number of non-ortho nitro benzene ring substituents is 3. The van der Waals surface area contributed by atoms with Crippen molar-refractivity contribution in [2.24, 2.45) is 16.8 Å². The second-order valence-electron chi connectivity index (χ2n) is 17.0. The number of likely N-dealkylation sites (tertiary alicyclic amines) is 1. The SMILES string of the molecule is CC[Si](CC)(CC)O[C@H](C)[C@H]1C(=O)N2C(C(=O)OC(=O)c3ccc([N+](=O)[O-])cc3)=C(CN3C[C@@H](O)[C@H](N=C(NC(=O)OC(=O)c4ccc([N+](=O)[O-])cc4)NC(=O)OC(=O)c4ccc([N+](=O)[O-])cc4)C3)[C@H](C)[C@H]12. The quantitative estimate of drug-likeness (QED) is 0.0200. The van der Waals surface area contributed by atoms with E-state index >= 15 is 0 Å². The number of amides is 3. The Morgan fingerprint density at radius 2 is 1.12 bits per heavy atom. The van der Waals surface area contributed by atoms with Crippen LogP contribution in [0.5, 0.6) is 0 Å². The second-order valence-corrected chi connectivity index (χ2v) is 21.7. The van der Waals surface area contributed by atoms with Crippen molar-refractivity contribution in [3.63, 3.8) is 0 Å². The molecule has 3 aliphatic rings. The fraction of sp³-hybridized carbons (Fsp3) is 0.378. The first kappa shape index (κ1) is 53.2. The lowest BCUT2D eigenvalue weighted by Gasteiger charge is -2.49. The maximum Gasteiger partial charge on any atom is 0.421 e. The van der Waals surface area contributed by atoms with Gasteiger partial charge in [-0.2, -0.15) is 0 Å². The fourth-order valence-electron chi connectivity index (χ4n) is 8.78. The van der Waals surface area contributed by atoms with Crippen LogP contribution in [0.15, 0.2) is 89.1 Å². The van der Waals surface area contributed by atoms with E-state index in [1.165, 1.54) is 4.90 Å². The summed E-state index contributed by atoms with van der Waals surface area (Å²) < 4.78 is 21.6. The van der Waals surface area contributed by atoms with Crippen LogP contribution in [0.4, 0.5) is 26.7 Å². The van der Waals surface area contributed by atoms with E-state index in [2.05, 4.69) is 4.99 Å². The van der Waals surface area contributed by atoms with Gasteiger partial charge in [0.25, 0.3) is 17.1 Å². The average Bonchev–Trinajstić information content (AvgIpc) is 3.81. The Kier molecular flexibility index (Phi) is 16.5. The molecule has 0 radical (unpaired) electrons. The van der Waals surface area contributed by atoms with E-state index in [1.807, 2.05) is 38.3 Å². The number of aliphatic hydroxyl groups excluding tert-OH is 1. The third kappa shape index (κ3) is 11.7. The average molecular weight is 1020 g/mol. The summed E-state index contributed by atoms with van der Waals surface area (Å²) >= 11 is 0. The molecular formula is C45H48N8O18Si. The number of esters is 4. The summed E-state index contributed by atoms with van der Waals surface area (Å²) in [4.78, 5) is 131. The number of ether oxygens (including phenoxy) is 3. The van der Waals surface area contributed by atoms with E-state index in [-0.39, 0.29) is 59.1 Å². The highest BCUT2D eigenvalue weighted by Gasteiger charge is 2.61. The molecule has 0 aliphatic carbocycles. The van der Waals surface area contributed by atoms with Gasteiger partial charge in [-0.15, -0.1) is 0 Å². The number of guanidine groups is 1. The molecular weight excluding hydrogens is 969 g/mol. The monoisotopic (exact) mass is 1020 g/mol. The number of β-lactam (4-membered cyclic amide) rings is 1. The van der Waals surface area contributed by atoms with Crippen molar-refractivity contribution in [3.05, 3.63) is 131 Å². The predicted molar refractivity (Wildman–Crippen MR) is 249 cm³/mol. The number of hydrogen-bond acceptors (Lipinski definition) is 20. The van der Waals surface area contributed by atoms with Crippen LogP contribution in [-0.4, -0.2) is 130 Å². The zero-order valence-electron chi connectivity index (χ0n) is 39.2. The summed E-state index contributed by atoms with van der Waals surface area (Å²) in [6.07, 6.45) is -5.05. The summed E-state index contributed by atoms with van der Waals surface area (Å²) in [5.41, 5.74) is -1.70. The lowest BCUT2D eigenvalue weighted by atomic mass is 9.77. The molecule has 0 bridgehead atoms. The van der Waals surface area contributed by atoms with Gasteiger partial charge in [-0.25, -0.2) is 33.8 Å². The van der Waals surface area contributed by atoms with Crippen LogP contribution in [0.2, 0.25) is 18.1 Å². The molecule has 3 amide bonds.